The summed E-state index contributed by atoms with van der Waals surface area (Å²) in [6.45, 7) is 6.28. The third-order valence-electron chi connectivity index (χ3n) is 11.9. The number of amides is 2. The lowest BCUT2D eigenvalue weighted by Crippen LogP contribution is -2.46. The van der Waals surface area contributed by atoms with Crippen LogP contribution in [0.1, 0.15) is 86.8 Å². The molecule has 61 heavy (non-hydrogen) atoms. The number of ether oxygens (including phenoxy) is 1. The fourth-order valence-electron chi connectivity index (χ4n) is 8.19. The molecule has 1 unspecified atom stereocenters. The first-order valence-electron chi connectivity index (χ1n) is 21.0. The lowest BCUT2D eigenvalue weighted by atomic mass is 9.86. The van der Waals surface area contributed by atoms with Gasteiger partial charge in [0, 0.05) is 51.8 Å². The number of hydrogen-bond donors (Lipinski definition) is 2. The molecule has 2 aliphatic heterocycles. The number of anilines is 1. The third kappa shape index (κ3) is 11.3. The maximum Gasteiger partial charge on any atom is 0.261 e. The van der Waals surface area contributed by atoms with Gasteiger partial charge in [0.25, 0.3) is 5.56 Å². The van der Waals surface area contributed by atoms with Crippen molar-refractivity contribution in [3.63, 3.8) is 0 Å². The summed E-state index contributed by atoms with van der Waals surface area (Å²) in [6.07, 6.45) is 7.74. The van der Waals surface area contributed by atoms with Gasteiger partial charge in [-0.2, -0.15) is 5.26 Å². The molecule has 4 aromatic rings. The zero-order valence-electron chi connectivity index (χ0n) is 35.0. The molecular formula is C45H54F2N8O5S. The summed E-state index contributed by atoms with van der Waals surface area (Å²) in [5.41, 5.74) is 1.84. The van der Waals surface area contributed by atoms with Gasteiger partial charge in [-0.15, -0.1) is 0 Å². The predicted octanol–water partition coefficient (Wildman–Crippen LogP) is 6.97. The van der Waals surface area contributed by atoms with Gasteiger partial charge >= 0.3 is 0 Å². The Hall–Kier alpha value is -5.37. The third-order valence-corrected chi connectivity index (χ3v) is 12.8. The van der Waals surface area contributed by atoms with E-state index >= 15 is 4.39 Å². The lowest BCUT2D eigenvalue weighted by Gasteiger charge is -2.36. The van der Waals surface area contributed by atoms with E-state index in [1.165, 1.54) is 43.4 Å². The number of nitrogens with one attached hydrogen (secondary N) is 2. The van der Waals surface area contributed by atoms with Gasteiger partial charge in [0.1, 0.15) is 29.5 Å². The number of aromatic nitrogens is 2. The molecule has 0 saturated carbocycles. The summed E-state index contributed by atoms with van der Waals surface area (Å²) in [4.78, 5) is 58.7. The van der Waals surface area contributed by atoms with E-state index < -0.39 is 11.7 Å². The molecule has 2 saturated heterocycles. The highest BCUT2D eigenvalue weighted by Gasteiger charge is 2.29. The first-order chi connectivity index (χ1) is 29.5. The average molecular weight is 857 g/mol. The molecule has 0 aliphatic carbocycles. The van der Waals surface area contributed by atoms with Gasteiger partial charge in [-0.05, 0) is 124 Å². The molecule has 0 bridgehead atoms. The predicted molar refractivity (Wildman–Crippen MR) is 232 cm³/mol. The van der Waals surface area contributed by atoms with Crippen LogP contribution >= 0.6 is 12.1 Å². The van der Waals surface area contributed by atoms with E-state index in [1.807, 2.05) is 29.2 Å². The SMILES string of the molecule is CCN(C)SNc1ccc(F)c(Oc2ccc3ncn(CCCC4CCN(C(=O)CN5CCC(c6ccc(C(CCC=O)C(=O)NC)cc6F)CC5)CC4)c(=O)c3c2)c1C#N. The normalized spacial score (nSPS) is 15.7. The van der Waals surface area contributed by atoms with Crippen LogP contribution < -0.4 is 20.3 Å². The Bertz CT molecular complexity index is 2290. The number of carbonyl (C=O) groups excluding carboxylic acids is 3. The van der Waals surface area contributed by atoms with Crippen molar-refractivity contribution in [3.05, 3.63) is 93.5 Å². The van der Waals surface area contributed by atoms with Crippen molar-refractivity contribution < 1.29 is 27.9 Å². The Morgan fingerprint density at radius 1 is 1.07 bits per heavy atom. The van der Waals surface area contributed by atoms with Gasteiger partial charge in [-0.3, -0.25) is 23.9 Å². The molecule has 16 heteroatoms. The highest BCUT2D eigenvalue weighted by Crippen LogP contribution is 2.36. The topological polar surface area (TPSA) is 153 Å². The van der Waals surface area contributed by atoms with E-state index in [4.69, 9.17) is 4.74 Å². The smallest absolute Gasteiger partial charge is 0.261 e. The minimum Gasteiger partial charge on any atom is -0.453 e. The number of piperidine rings is 2. The average Bonchev–Trinajstić information content (AvgIpc) is 3.27. The van der Waals surface area contributed by atoms with Gasteiger partial charge in [-0.25, -0.2) is 18.1 Å². The van der Waals surface area contributed by atoms with Gasteiger partial charge in [0.2, 0.25) is 11.8 Å². The fraction of sp³-hybridized carbons (Fsp3) is 0.467. The molecule has 0 radical (unpaired) electrons. The molecule has 324 valence electrons. The number of hydrogen-bond acceptors (Lipinski definition) is 11. The number of nitrogens with zero attached hydrogens (tertiary/aromatic N) is 6. The highest BCUT2D eigenvalue weighted by molar-refractivity contribution is 7.98. The van der Waals surface area contributed by atoms with Gasteiger partial charge in [-0.1, -0.05) is 19.1 Å². The number of benzene rings is 3. The molecule has 2 amide bonds. The number of aldehydes is 1. The number of halogens is 2. The molecule has 13 nitrogen and oxygen atoms in total. The van der Waals surface area contributed by atoms with Crippen molar-refractivity contribution in [1.82, 2.24) is 29.0 Å². The molecular weight excluding hydrogens is 803 g/mol. The Morgan fingerprint density at radius 3 is 2.52 bits per heavy atom. The number of likely N-dealkylation sites (N-methyl/N-ethyl adjacent to an activating group) is 1. The summed E-state index contributed by atoms with van der Waals surface area (Å²) in [5, 5.41) is 12.8. The minimum absolute atomic E-state index is 0.00903. The first-order valence-corrected chi connectivity index (χ1v) is 21.8. The van der Waals surface area contributed by atoms with Crippen LogP contribution in [0.5, 0.6) is 11.5 Å². The van der Waals surface area contributed by atoms with Crippen LogP contribution in [0.15, 0.2) is 59.7 Å². The molecule has 2 N–H and O–H groups in total. The Kier molecular flexibility index (Phi) is 15.9. The van der Waals surface area contributed by atoms with Gasteiger partial charge in [0.15, 0.2) is 11.6 Å². The first kappa shape index (κ1) is 45.2. The lowest BCUT2D eigenvalue weighted by molar-refractivity contribution is -0.134. The molecule has 3 heterocycles. The van der Waals surface area contributed by atoms with Crippen LogP contribution in [0.3, 0.4) is 0 Å². The molecule has 2 aliphatic rings. The molecule has 3 aromatic carbocycles. The largest absolute Gasteiger partial charge is 0.453 e. The summed E-state index contributed by atoms with van der Waals surface area (Å²) < 4.78 is 42.8. The summed E-state index contributed by atoms with van der Waals surface area (Å²) >= 11 is 1.27. The van der Waals surface area contributed by atoms with Gasteiger partial charge in [0.05, 0.1) is 35.4 Å². The van der Waals surface area contributed by atoms with E-state index in [1.54, 1.807) is 35.2 Å². The van der Waals surface area contributed by atoms with Crippen molar-refractivity contribution >= 4 is 46.8 Å². The van der Waals surface area contributed by atoms with Crippen LogP contribution in [-0.4, -0.2) is 95.1 Å². The summed E-state index contributed by atoms with van der Waals surface area (Å²) in [7, 11) is 3.41. The van der Waals surface area contributed by atoms with E-state index in [2.05, 4.69) is 19.9 Å². The number of likely N-dealkylation sites (tertiary alicyclic amines) is 2. The zero-order chi connectivity index (χ0) is 43.5. The van der Waals surface area contributed by atoms with E-state index in [9.17, 15) is 28.8 Å². The Labute approximate surface area is 359 Å². The van der Waals surface area contributed by atoms with Gasteiger partial charge < -0.3 is 24.5 Å². The highest BCUT2D eigenvalue weighted by atomic mass is 32.2. The molecule has 0 spiro atoms. The number of fused-ring (bicyclic) bond motifs is 1. The number of aryl methyl sites for hydroxylation is 1. The van der Waals surface area contributed by atoms with Crippen molar-refractivity contribution in [2.45, 2.75) is 76.7 Å². The quantitative estimate of drug-likeness (QED) is 0.0788. The van der Waals surface area contributed by atoms with Crippen LogP contribution in [-0.2, 0) is 20.9 Å². The molecule has 1 atom stereocenters. The van der Waals surface area contributed by atoms with Crippen molar-refractivity contribution in [1.29, 1.82) is 5.26 Å². The second-order valence-corrected chi connectivity index (χ2v) is 16.8. The number of rotatable bonds is 18. The Balaban J connectivity index is 0.957. The zero-order valence-corrected chi connectivity index (χ0v) is 35.8. The monoisotopic (exact) mass is 856 g/mol. The summed E-state index contributed by atoms with van der Waals surface area (Å²) in [5.74, 6) is -1.33. The standard InChI is InChI=1S/C45H54F2N8O5S/c1-4-52(3)61-51-41-14-12-38(46)43(37(41)27-48)60-33-10-13-40-36(26-33)45(59)55(29-50-40)19-5-7-30-15-22-54(23-16-30)42(57)28-53-20-17-31(18-21-53)34-11-9-32(25-39(34)47)35(8-6-24-56)44(58)49-2/h9-14,24-26,29-31,35,51H,4-8,15-23,28H2,1-3H3,(H,49,58). The van der Waals surface area contributed by atoms with E-state index in [0.717, 1.165) is 51.4 Å². The fourth-order valence-corrected chi connectivity index (χ4v) is 8.74. The van der Waals surface area contributed by atoms with Crippen LogP contribution in [0.25, 0.3) is 10.9 Å². The second-order valence-electron chi connectivity index (χ2n) is 15.8. The van der Waals surface area contributed by atoms with Crippen LogP contribution in [0.4, 0.5) is 14.5 Å². The van der Waals surface area contributed by atoms with E-state index in [-0.39, 0.29) is 52.6 Å². The maximum atomic E-state index is 15.3. The minimum atomic E-state index is -0.700. The number of carbonyl (C=O) groups is 3. The van der Waals surface area contributed by atoms with E-state index in [0.29, 0.717) is 79.3 Å². The van der Waals surface area contributed by atoms with Crippen LogP contribution in [0.2, 0.25) is 0 Å². The maximum absolute atomic E-state index is 15.3. The van der Waals surface area contributed by atoms with Crippen molar-refractivity contribution in [2.24, 2.45) is 5.92 Å². The van der Waals surface area contributed by atoms with Crippen molar-refractivity contribution in [2.75, 3.05) is 58.1 Å². The summed E-state index contributed by atoms with van der Waals surface area (Å²) in [6, 6.07) is 14.5. The molecule has 1 aromatic heterocycles. The van der Waals surface area contributed by atoms with Crippen LogP contribution in [0, 0.1) is 28.9 Å². The molecule has 2 fully saturated rings. The van der Waals surface area contributed by atoms with Crippen molar-refractivity contribution in [3.8, 4) is 17.6 Å². The second kappa shape index (κ2) is 21.4. The Morgan fingerprint density at radius 2 is 1.84 bits per heavy atom. The number of nitriles is 1. The molecule has 6 rings (SSSR count).